The first-order valence-electron chi connectivity index (χ1n) is 8.50. The van der Waals surface area contributed by atoms with Crippen LogP contribution in [-0.4, -0.2) is 57.1 Å². The van der Waals surface area contributed by atoms with E-state index in [1.165, 1.54) is 24.3 Å². The van der Waals surface area contributed by atoms with Gasteiger partial charge in [-0.25, -0.2) is 13.6 Å². The number of nitrogens with zero attached hydrogens (tertiary/aromatic N) is 2. The average molecular weight is 390 g/mol. The van der Waals surface area contributed by atoms with Crippen LogP contribution < -0.4 is 15.4 Å². The summed E-state index contributed by atoms with van der Waals surface area (Å²) in [5.74, 6) is 0.0857. The van der Waals surface area contributed by atoms with Crippen LogP contribution in [0.2, 0.25) is 0 Å². The number of sulfonamides is 1. The van der Waals surface area contributed by atoms with Crippen molar-refractivity contribution in [1.82, 2.24) is 4.90 Å². The Labute approximate surface area is 158 Å². The molecule has 9 heteroatoms. The normalized spacial score (nSPS) is 15.5. The van der Waals surface area contributed by atoms with Crippen LogP contribution in [0.3, 0.4) is 0 Å². The first kappa shape index (κ1) is 19.2. The van der Waals surface area contributed by atoms with Crippen molar-refractivity contribution in [2.45, 2.75) is 4.90 Å². The third kappa shape index (κ3) is 5.19. The van der Waals surface area contributed by atoms with Gasteiger partial charge in [0.25, 0.3) is 0 Å². The van der Waals surface area contributed by atoms with Gasteiger partial charge in [0, 0.05) is 37.6 Å². The number of aromatic hydroxyl groups is 1. The zero-order chi connectivity index (χ0) is 19.4. The maximum absolute atomic E-state index is 12.2. The third-order valence-electron chi connectivity index (χ3n) is 4.42. The van der Waals surface area contributed by atoms with Gasteiger partial charge in [-0.2, -0.15) is 0 Å². The molecule has 0 aromatic heterocycles. The largest absolute Gasteiger partial charge is 0.508 e. The van der Waals surface area contributed by atoms with E-state index in [4.69, 9.17) is 5.14 Å². The highest BCUT2D eigenvalue weighted by molar-refractivity contribution is 7.89. The highest BCUT2D eigenvalue weighted by Gasteiger charge is 2.19. The molecule has 0 radical (unpaired) electrons. The zero-order valence-electron chi connectivity index (χ0n) is 14.7. The molecule has 2 aromatic rings. The predicted molar refractivity (Wildman–Crippen MR) is 103 cm³/mol. The lowest BCUT2D eigenvalue weighted by Gasteiger charge is -2.35. The van der Waals surface area contributed by atoms with Crippen LogP contribution in [0.15, 0.2) is 53.4 Å². The van der Waals surface area contributed by atoms with Crippen molar-refractivity contribution in [3.63, 3.8) is 0 Å². The van der Waals surface area contributed by atoms with Crippen LogP contribution in [0.4, 0.5) is 11.4 Å². The lowest BCUT2D eigenvalue weighted by Crippen LogP contribution is -2.48. The number of hydrogen-bond donors (Lipinski definition) is 3. The second kappa shape index (κ2) is 7.95. The molecule has 1 aliphatic heterocycles. The maximum atomic E-state index is 12.2. The van der Waals surface area contributed by atoms with Gasteiger partial charge in [-0.1, -0.05) is 0 Å². The first-order chi connectivity index (χ1) is 12.8. The minimum atomic E-state index is -3.74. The fraction of sp³-hybridized carbons (Fsp3) is 0.278. The molecule has 0 atom stereocenters. The quantitative estimate of drug-likeness (QED) is 0.695. The van der Waals surface area contributed by atoms with E-state index in [1.54, 1.807) is 12.1 Å². The number of phenols is 1. The number of phenolic OH excluding ortho intramolecular Hbond substituents is 1. The first-order valence-corrected chi connectivity index (χ1v) is 10.0. The van der Waals surface area contributed by atoms with E-state index in [1.807, 2.05) is 12.1 Å². The monoisotopic (exact) mass is 390 g/mol. The Morgan fingerprint density at radius 1 is 1.00 bits per heavy atom. The maximum Gasteiger partial charge on any atom is 0.238 e. The molecule has 0 unspecified atom stereocenters. The summed E-state index contributed by atoms with van der Waals surface area (Å²) >= 11 is 0. The predicted octanol–water partition coefficient (Wildman–Crippen LogP) is 0.800. The number of benzene rings is 2. The van der Waals surface area contributed by atoms with Gasteiger partial charge in [-0.05, 0) is 48.5 Å². The summed E-state index contributed by atoms with van der Waals surface area (Å²) in [6, 6.07) is 12.8. The molecule has 0 aliphatic carbocycles. The van der Waals surface area contributed by atoms with Crippen LogP contribution in [0, 0.1) is 0 Å². The topological polar surface area (TPSA) is 116 Å². The van der Waals surface area contributed by atoms with Crippen LogP contribution in [0.1, 0.15) is 0 Å². The van der Waals surface area contributed by atoms with Crippen molar-refractivity contribution in [1.29, 1.82) is 0 Å². The average Bonchev–Trinajstić information content (AvgIpc) is 2.63. The Kier molecular flexibility index (Phi) is 5.64. The van der Waals surface area contributed by atoms with E-state index in [0.717, 1.165) is 31.9 Å². The number of hydrogen-bond acceptors (Lipinski definition) is 6. The molecule has 4 N–H and O–H groups in total. The molecule has 1 amide bonds. The number of anilines is 2. The van der Waals surface area contributed by atoms with Crippen LogP contribution in [-0.2, 0) is 14.8 Å². The standard InChI is InChI=1S/C18H22N4O4S/c19-27(25,26)17-7-1-14(2-8-17)20-18(24)13-21-9-11-22(12-10-21)15-3-5-16(23)6-4-15/h1-8,23H,9-13H2,(H,20,24)(H2,19,25,26). The van der Waals surface area contributed by atoms with Crippen molar-refractivity contribution < 1.29 is 18.3 Å². The molecule has 8 nitrogen and oxygen atoms in total. The van der Waals surface area contributed by atoms with Crippen molar-refractivity contribution in [2.24, 2.45) is 5.14 Å². The van der Waals surface area contributed by atoms with Crippen LogP contribution in [0.25, 0.3) is 0 Å². The Morgan fingerprint density at radius 2 is 1.59 bits per heavy atom. The summed E-state index contributed by atoms with van der Waals surface area (Å²) in [7, 11) is -3.74. The molecule has 3 rings (SSSR count). The SMILES string of the molecule is NS(=O)(=O)c1ccc(NC(=O)CN2CCN(c3ccc(O)cc3)CC2)cc1. The minimum absolute atomic E-state index is 0.00542. The van der Waals surface area contributed by atoms with Crippen LogP contribution >= 0.6 is 0 Å². The second-order valence-electron chi connectivity index (χ2n) is 6.40. The van der Waals surface area contributed by atoms with Crippen molar-refractivity contribution in [2.75, 3.05) is 42.9 Å². The highest BCUT2D eigenvalue weighted by atomic mass is 32.2. The van der Waals surface area contributed by atoms with Crippen molar-refractivity contribution >= 4 is 27.3 Å². The van der Waals surface area contributed by atoms with E-state index >= 15 is 0 Å². The van der Waals surface area contributed by atoms with E-state index in [2.05, 4.69) is 15.1 Å². The fourth-order valence-corrected chi connectivity index (χ4v) is 3.47. The summed E-state index contributed by atoms with van der Waals surface area (Å²) in [5.41, 5.74) is 1.57. The molecule has 1 fully saturated rings. The Morgan fingerprint density at radius 3 is 2.15 bits per heavy atom. The lowest BCUT2D eigenvalue weighted by molar-refractivity contribution is -0.117. The van der Waals surface area contributed by atoms with Gasteiger partial charge in [-0.3, -0.25) is 9.69 Å². The van der Waals surface area contributed by atoms with E-state index in [0.29, 0.717) is 5.69 Å². The number of nitrogens with one attached hydrogen (secondary N) is 1. The molecule has 1 saturated heterocycles. The number of nitrogens with two attached hydrogens (primary N) is 1. The summed E-state index contributed by atoms with van der Waals surface area (Å²) in [5, 5.41) is 17.2. The van der Waals surface area contributed by atoms with Gasteiger partial charge in [-0.15, -0.1) is 0 Å². The number of rotatable bonds is 5. The van der Waals surface area contributed by atoms with Gasteiger partial charge in [0.05, 0.1) is 11.4 Å². The molecule has 1 heterocycles. The Hall–Kier alpha value is -2.62. The lowest BCUT2D eigenvalue weighted by atomic mass is 10.2. The Balaban J connectivity index is 1.48. The second-order valence-corrected chi connectivity index (χ2v) is 7.96. The number of amides is 1. The smallest absolute Gasteiger partial charge is 0.238 e. The summed E-state index contributed by atoms with van der Waals surface area (Å²) in [6.45, 7) is 3.35. The molecule has 0 spiro atoms. The van der Waals surface area contributed by atoms with Gasteiger partial charge in [0.1, 0.15) is 5.75 Å². The summed E-state index contributed by atoms with van der Waals surface area (Å²) in [6.07, 6.45) is 0. The van der Waals surface area contributed by atoms with E-state index < -0.39 is 10.0 Å². The number of carbonyl (C=O) groups is 1. The zero-order valence-corrected chi connectivity index (χ0v) is 15.5. The molecule has 1 aliphatic rings. The number of primary sulfonamides is 1. The fourth-order valence-electron chi connectivity index (χ4n) is 2.96. The molecule has 0 bridgehead atoms. The van der Waals surface area contributed by atoms with Crippen molar-refractivity contribution in [3.8, 4) is 5.75 Å². The minimum Gasteiger partial charge on any atom is -0.508 e. The number of carbonyl (C=O) groups excluding carboxylic acids is 1. The Bertz CT molecular complexity index is 890. The van der Waals surface area contributed by atoms with Crippen LogP contribution in [0.5, 0.6) is 5.75 Å². The van der Waals surface area contributed by atoms with Gasteiger partial charge in [0.2, 0.25) is 15.9 Å². The van der Waals surface area contributed by atoms with E-state index in [-0.39, 0.29) is 23.1 Å². The van der Waals surface area contributed by atoms with Gasteiger partial charge >= 0.3 is 0 Å². The molecule has 144 valence electrons. The molecular formula is C18H22N4O4S. The third-order valence-corrected chi connectivity index (χ3v) is 5.35. The summed E-state index contributed by atoms with van der Waals surface area (Å²) < 4.78 is 22.5. The van der Waals surface area contributed by atoms with E-state index in [9.17, 15) is 18.3 Å². The molecular weight excluding hydrogens is 368 g/mol. The summed E-state index contributed by atoms with van der Waals surface area (Å²) in [4.78, 5) is 16.5. The van der Waals surface area contributed by atoms with Crippen molar-refractivity contribution in [3.05, 3.63) is 48.5 Å². The van der Waals surface area contributed by atoms with Gasteiger partial charge in [0.15, 0.2) is 0 Å². The molecule has 2 aromatic carbocycles. The molecule has 27 heavy (non-hydrogen) atoms. The van der Waals surface area contributed by atoms with Gasteiger partial charge < -0.3 is 15.3 Å². The number of piperazine rings is 1. The highest BCUT2D eigenvalue weighted by Crippen LogP contribution is 2.20. The molecule has 0 saturated carbocycles.